The number of nitrogens with one attached hydrogen (secondary N) is 1. The zero-order chi connectivity index (χ0) is 24.5. The second-order valence-electron chi connectivity index (χ2n) is 9.06. The highest BCUT2D eigenvalue weighted by atomic mass is 35.5. The maximum absolute atomic E-state index is 12.8. The van der Waals surface area contributed by atoms with Gasteiger partial charge in [-0.1, -0.05) is 115 Å². The van der Waals surface area contributed by atoms with E-state index in [0.717, 1.165) is 23.9 Å². The molecule has 0 aliphatic rings. The van der Waals surface area contributed by atoms with Gasteiger partial charge in [0.15, 0.2) is 5.69 Å². The van der Waals surface area contributed by atoms with Crippen molar-refractivity contribution in [2.24, 2.45) is 0 Å². The molecule has 192 valence electrons. The Balaban J connectivity index is 1.95. The predicted octanol–water partition coefficient (Wildman–Crippen LogP) is 8.24. The molecular formula is C25H43ClF3N3O. The Bertz CT molecular complexity index is 662. The Labute approximate surface area is 203 Å². The summed E-state index contributed by atoms with van der Waals surface area (Å²) < 4.78 is 39.5. The van der Waals surface area contributed by atoms with Crippen molar-refractivity contribution in [1.82, 2.24) is 15.1 Å². The predicted molar refractivity (Wildman–Crippen MR) is 130 cm³/mol. The number of rotatable bonds is 19. The van der Waals surface area contributed by atoms with Crippen molar-refractivity contribution in [2.75, 3.05) is 6.54 Å². The Morgan fingerprint density at radius 2 is 1.27 bits per heavy atom. The van der Waals surface area contributed by atoms with Gasteiger partial charge in [0.2, 0.25) is 5.91 Å². The van der Waals surface area contributed by atoms with Crippen LogP contribution in [0.4, 0.5) is 13.2 Å². The van der Waals surface area contributed by atoms with Crippen molar-refractivity contribution >= 4 is 17.5 Å². The van der Waals surface area contributed by atoms with Crippen molar-refractivity contribution in [1.29, 1.82) is 0 Å². The van der Waals surface area contributed by atoms with Crippen LogP contribution in [0.1, 0.15) is 121 Å². The highest BCUT2D eigenvalue weighted by molar-refractivity contribution is 6.32. The van der Waals surface area contributed by atoms with Gasteiger partial charge in [-0.3, -0.25) is 9.48 Å². The van der Waals surface area contributed by atoms with Crippen LogP contribution in [-0.4, -0.2) is 22.2 Å². The first-order valence-electron chi connectivity index (χ1n) is 12.8. The molecule has 0 spiro atoms. The van der Waals surface area contributed by atoms with E-state index in [1.54, 1.807) is 0 Å². The Kier molecular flexibility index (Phi) is 15.6. The van der Waals surface area contributed by atoms with Crippen LogP contribution in [0.5, 0.6) is 0 Å². The van der Waals surface area contributed by atoms with Crippen molar-refractivity contribution in [3.63, 3.8) is 0 Å². The summed E-state index contributed by atoms with van der Waals surface area (Å²) in [6.45, 7) is 3.94. The van der Waals surface area contributed by atoms with Crippen molar-refractivity contribution < 1.29 is 18.0 Å². The molecule has 0 aliphatic heterocycles. The number of carbonyl (C=O) groups is 1. The summed E-state index contributed by atoms with van der Waals surface area (Å²) in [6, 6.07) is 0. The molecule has 0 radical (unpaired) electrons. The minimum atomic E-state index is -4.63. The first kappa shape index (κ1) is 29.8. The first-order chi connectivity index (χ1) is 15.8. The number of hydrogen-bond donors (Lipinski definition) is 1. The quantitative estimate of drug-likeness (QED) is 0.197. The van der Waals surface area contributed by atoms with Gasteiger partial charge in [-0.05, 0) is 13.3 Å². The summed E-state index contributed by atoms with van der Waals surface area (Å²) in [7, 11) is 0. The summed E-state index contributed by atoms with van der Waals surface area (Å²) in [5.74, 6) is -0.355. The van der Waals surface area contributed by atoms with E-state index in [-0.39, 0.29) is 18.1 Å². The minimum Gasteiger partial charge on any atom is -0.354 e. The van der Waals surface area contributed by atoms with Crippen molar-refractivity contribution in [3.05, 3.63) is 16.4 Å². The Hall–Kier alpha value is -1.24. The van der Waals surface area contributed by atoms with Crippen LogP contribution >= 0.6 is 11.6 Å². The van der Waals surface area contributed by atoms with E-state index in [1.165, 1.54) is 90.4 Å². The fourth-order valence-corrected chi connectivity index (χ4v) is 4.19. The number of carbonyl (C=O) groups excluding carboxylic acids is 1. The normalized spacial score (nSPS) is 11.8. The summed E-state index contributed by atoms with van der Waals surface area (Å²) in [4.78, 5) is 12.0. The van der Waals surface area contributed by atoms with Gasteiger partial charge in [0.05, 0.1) is 10.7 Å². The van der Waals surface area contributed by atoms with Crippen LogP contribution in [0.25, 0.3) is 0 Å². The molecule has 1 aromatic rings. The van der Waals surface area contributed by atoms with Gasteiger partial charge in [-0.15, -0.1) is 0 Å². The fraction of sp³-hybridized carbons (Fsp3) is 0.840. The molecule has 0 unspecified atom stereocenters. The number of nitrogens with zero attached hydrogens (tertiary/aromatic N) is 2. The maximum atomic E-state index is 12.8. The van der Waals surface area contributed by atoms with E-state index in [1.807, 2.05) is 0 Å². The number of halogens is 4. The number of amides is 1. The van der Waals surface area contributed by atoms with Gasteiger partial charge >= 0.3 is 6.18 Å². The lowest BCUT2D eigenvalue weighted by Crippen LogP contribution is -2.29. The highest BCUT2D eigenvalue weighted by Crippen LogP contribution is 2.35. The SMILES string of the molecule is CCCCCCCCCCCCCCCCCCNC(=O)Cn1nc(C(F)(F)F)c(Cl)c1C. The van der Waals surface area contributed by atoms with Crippen LogP contribution in [0.3, 0.4) is 0 Å². The van der Waals surface area contributed by atoms with Gasteiger partial charge in [0.1, 0.15) is 6.54 Å². The van der Waals surface area contributed by atoms with E-state index in [0.29, 0.717) is 6.54 Å². The topological polar surface area (TPSA) is 46.9 Å². The van der Waals surface area contributed by atoms with Crippen molar-refractivity contribution in [3.8, 4) is 0 Å². The molecule has 1 N–H and O–H groups in total. The third-order valence-electron chi connectivity index (χ3n) is 6.05. The molecule has 0 aromatic carbocycles. The molecule has 8 heteroatoms. The summed E-state index contributed by atoms with van der Waals surface area (Å²) >= 11 is 5.70. The van der Waals surface area contributed by atoms with Gasteiger partial charge in [-0.2, -0.15) is 18.3 Å². The molecule has 33 heavy (non-hydrogen) atoms. The van der Waals surface area contributed by atoms with E-state index >= 15 is 0 Å². The van der Waals surface area contributed by atoms with Crippen LogP contribution < -0.4 is 5.32 Å². The summed E-state index contributed by atoms with van der Waals surface area (Å²) in [6.07, 6.45) is 16.0. The molecule has 0 saturated carbocycles. The molecule has 0 saturated heterocycles. The van der Waals surface area contributed by atoms with Gasteiger partial charge < -0.3 is 5.32 Å². The van der Waals surface area contributed by atoms with Gasteiger partial charge in [-0.25, -0.2) is 0 Å². The molecule has 4 nitrogen and oxygen atoms in total. The monoisotopic (exact) mass is 493 g/mol. The lowest BCUT2D eigenvalue weighted by molar-refractivity contribution is -0.141. The average Bonchev–Trinajstić information content (AvgIpc) is 3.04. The first-order valence-corrected chi connectivity index (χ1v) is 13.2. The molecule has 1 rings (SSSR count). The molecule has 1 amide bonds. The van der Waals surface area contributed by atoms with Crippen LogP contribution in [0.15, 0.2) is 0 Å². The maximum Gasteiger partial charge on any atom is 0.436 e. The molecule has 1 aromatic heterocycles. The third kappa shape index (κ3) is 13.3. The van der Waals surface area contributed by atoms with E-state index in [2.05, 4.69) is 17.3 Å². The Morgan fingerprint density at radius 3 is 1.67 bits per heavy atom. The lowest BCUT2D eigenvalue weighted by atomic mass is 10.0. The standard InChI is InChI=1S/C25H43ClF3N3O/c1-3-4-5-6-7-8-9-10-11-12-13-14-15-16-17-18-19-30-22(33)20-32-21(2)23(26)24(31-32)25(27,28)29/h3-20H2,1-2H3,(H,30,33). The van der Waals surface area contributed by atoms with E-state index in [4.69, 9.17) is 11.6 Å². The number of hydrogen-bond acceptors (Lipinski definition) is 2. The molecule has 0 aliphatic carbocycles. The molecule has 1 heterocycles. The largest absolute Gasteiger partial charge is 0.436 e. The minimum absolute atomic E-state index is 0.140. The number of alkyl halides is 3. The van der Waals surface area contributed by atoms with E-state index in [9.17, 15) is 18.0 Å². The van der Waals surface area contributed by atoms with Crippen LogP contribution in [-0.2, 0) is 17.5 Å². The molecule has 0 bridgehead atoms. The number of aromatic nitrogens is 2. The highest BCUT2D eigenvalue weighted by Gasteiger charge is 2.38. The molecule has 0 fully saturated rings. The molecular weight excluding hydrogens is 451 g/mol. The lowest BCUT2D eigenvalue weighted by Gasteiger charge is -2.07. The third-order valence-corrected chi connectivity index (χ3v) is 6.50. The summed E-state index contributed by atoms with van der Waals surface area (Å²) in [5.41, 5.74) is -1.01. The average molecular weight is 494 g/mol. The Morgan fingerprint density at radius 1 is 0.848 bits per heavy atom. The zero-order valence-electron chi connectivity index (χ0n) is 20.5. The number of unbranched alkanes of at least 4 members (excludes halogenated alkanes) is 15. The smallest absolute Gasteiger partial charge is 0.354 e. The summed E-state index contributed by atoms with van der Waals surface area (Å²) in [5, 5.41) is 5.75. The fourth-order valence-electron chi connectivity index (χ4n) is 3.95. The van der Waals surface area contributed by atoms with Gasteiger partial charge in [0, 0.05) is 6.54 Å². The van der Waals surface area contributed by atoms with Crippen molar-refractivity contribution in [2.45, 2.75) is 129 Å². The second kappa shape index (κ2) is 17.2. The van der Waals surface area contributed by atoms with Gasteiger partial charge in [0.25, 0.3) is 0 Å². The zero-order valence-corrected chi connectivity index (χ0v) is 21.3. The second-order valence-corrected chi connectivity index (χ2v) is 9.43. The van der Waals surface area contributed by atoms with Crippen LogP contribution in [0.2, 0.25) is 5.02 Å². The van der Waals surface area contributed by atoms with Crippen LogP contribution in [0, 0.1) is 6.92 Å². The molecule has 0 atom stereocenters. The van der Waals surface area contributed by atoms with E-state index < -0.39 is 16.9 Å².